The molecule has 0 unspecified atom stereocenters. The molecule has 1 aromatic heterocycles. The molecular formula is C25H24FN3O2S. The number of hydrogen-bond donors (Lipinski definition) is 0. The lowest BCUT2D eigenvalue weighted by atomic mass is 10.2. The summed E-state index contributed by atoms with van der Waals surface area (Å²) in [4.78, 5) is 21.5. The van der Waals surface area contributed by atoms with Gasteiger partial charge in [-0.15, -0.1) is 0 Å². The first-order valence-electron chi connectivity index (χ1n) is 10.4. The summed E-state index contributed by atoms with van der Waals surface area (Å²) in [6, 6.07) is 21.4. The fourth-order valence-corrected chi connectivity index (χ4v) is 4.30. The van der Waals surface area contributed by atoms with Crippen LogP contribution in [0.1, 0.15) is 16.8 Å². The van der Waals surface area contributed by atoms with Gasteiger partial charge in [0.05, 0.1) is 4.70 Å². The average molecular weight is 450 g/mol. The molecule has 1 heterocycles. The molecule has 5 nitrogen and oxygen atoms in total. The molecule has 0 saturated carbocycles. The van der Waals surface area contributed by atoms with Crippen molar-refractivity contribution in [1.82, 2.24) is 9.88 Å². The van der Waals surface area contributed by atoms with Crippen LogP contribution in [0.5, 0.6) is 11.5 Å². The second-order valence-corrected chi connectivity index (χ2v) is 8.65. The van der Waals surface area contributed by atoms with Crippen LogP contribution in [0.2, 0.25) is 0 Å². The van der Waals surface area contributed by atoms with Gasteiger partial charge >= 0.3 is 0 Å². The molecule has 0 aliphatic rings. The zero-order chi connectivity index (χ0) is 22.5. The van der Waals surface area contributed by atoms with Crippen molar-refractivity contribution in [1.29, 1.82) is 0 Å². The van der Waals surface area contributed by atoms with Gasteiger partial charge in [-0.05, 0) is 75.6 Å². The molecule has 164 valence electrons. The third-order valence-electron chi connectivity index (χ3n) is 4.90. The van der Waals surface area contributed by atoms with E-state index in [1.807, 2.05) is 50.5 Å². The van der Waals surface area contributed by atoms with E-state index < -0.39 is 0 Å². The van der Waals surface area contributed by atoms with Crippen molar-refractivity contribution in [3.63, 3.8) is 0 Å². The lowest BCUT2D eigenvalue weighted by Crippen LogP contribution is -2.33. The lowest BCUT2D eigenvalue weighted by Gasteiger charge is -2.21. The molecule has 1 amide bonds. The van der Waals surface area contributed by atoms with E-state index in [1.165, 1.54) is 17.4 Å². The molecule has 0 aliphatic carbocycles. The first kappa shape index (κ1) is 21.9. The molecule has 0 aliphatic heterocycles. The molecule has 7 heteroatoms. The molecule has 0 saturated heterocycles. The molecular weight excluding hydrogens is 425 g/mol. The Balaban J connectivity index is 1.58. The third kappa shape index (κ3) is 5.12. The molecule has 3 aromatic carbocycles. The monoisotopic (exact) mass is 449 g/mol. The van der Waals surface area contributed by atoms with Crippen LogP contribution in [0.4, 0.5) is 9.52 Å². The average Bonchev–Trinajstić information content (AvgIpc) is 3.23. The van der Waals surface area contributed by atoms with Crippen molar-refractivity contribution in [3.05, 3.63) is 84.2 Å². The van der Waals surface area contributed by atoms with Gasteiger partial charge in [0.1, 0.15) is 22.8 Å². The number of ether oxygens (including phenoxy) is 1. The summed E-state index contributed by atoms with van der Waals surface area (Å²) in [7, 11) is 3.98. The number of nitrogens with zero attached hydrogens (tertiary/aromatic N) is 3. The molecule has 0 radical (unpaired) electrons. The highest BCUT2D eigenvalue weighted by Gasteiger charge is 2.22. The lowest BCUT2D eigenvalue weighted by molar-refractivity contribution is 0.0986. The number of thiazole rings is 1. The van der Waals surface area contributed by atoms with Gasteiger partial charge in [-0.1, -0.05) is 35.6 Å². The van der Waals surface area contributed by atoms with Gasteiger partial charge in [0.25, 0.3) is 5.91 Å². The van der Waals surface area contributed by atoms with E-state index in [9.17, 15) is 9.18 Å². The SMILES string of the molecule is CN(C)CCCN(C(=O)c1ccc(Oc2ccccc2)cc1)c1nc2c(F)cccc2s1. The van der Waals surface area contributed by atoms with Crippen LogP contribution >= 0.6 is 11.3 Å². The van der Waals surface area contributed by atoms with Crippen LogP contribution in [0.25, 0.3) is 10.2 Å². The number of hydrogen-bond acceptors (Lipinski definition) is 5. The number of fused-ring (bicyclic) bond motifs is 1. The van der Waals surface area contributed by atoms with Gasteiger partial charge in [0, 0.05) is 12.1 Å². The normalized spacial score (nSPS) is 11.1. The fourth-order valence-electron chi connectivity index (χ4n) is 3.29. The predicted molar refractivity (Wildman–Crippen MR) is 127 cm³/mol. The summed E-state index contributed by atoms with van der Waals surface area (Å²) in [6.07, 6.45) is 0.770. The fraction of sp³-hybridized carbons (Fsp3) is 0.200. The molecule has 0 atom stereocenters. The van der Waals surface area contributed by atoms with E-state index >= 15 is 0 Å². The third-order valence-corrected chi connectivity index (χ3v) is 5.95. The van der Waals surface area contributed by atoms with Crippen molar-refractivity contribution in [2.24, 2.45) is 0 Å². The number of aromatic nitrogens is 1. The maximum atomic E-state index is 14.2. The van der Waals surface area contributed by atoms with Crippen LogP contribution < -0.4 is 9.64 Å². The largest absolute Gasteiger partial charge is 0.457 e. The van der Waals surface area contributed by atoms with Crippen LogP contribution in [-0.4, -0.2) is 43.0 Å². The van der Waals surface area contributed by atoms with Gasteiger partial charge < -0.3 is 9.64 Å². The zero-order valence-corrected chi connectivity index (χ0v) is 18.8. The highest BCUT2D eigenvalue weighted by molar-refractivity contribution is 7.22. The Morgan fingerprint density at radius 3 is 2.34 bits per heavy atom. The Morgan fingerprint density at radius 2 is 1.66 bits per heavy atom. The molecule has 0 fully saturated rings. The van der Waals surface area contributed by atoms with Crippen molar-refractivity contribution in [2.45, 2.75) is 6.42 Å². The first-order valence-corrected chi connectivity index (χ1v) is 11.2. The van der Waals surface area contributed by atoms with E-state index in [-0.39, 0.29) is 11.7 Å². The molecule has 0 N–H and O–H groups in total. The van der Waals surface area contributed by atoms with E-state index in [0.29, 0.717) is 28.5 Å². The Morgan fingerprint density at radius 1 is 0.938 bits per heavy atom. The number of carbonyl (C=O) groups excluding carboxylic acids is 1. The second kappa shape index (κ2) is 9.89. The van der Waals surface area contributed by atoms with Crippen molar-refractivity contribution in [3.8, 4) is 11.5 Å². The predicted octanol–water partition coefficient (Wildman–Crippen LogP) is 5.83. The minimum Gasteiger partial charge on any atom is -0.457 e. The first-order chi connectivity index (χ1) is 15.5. The topological polar surface area (TPSA) is 45.7 Å². The summed E-state index contributed by atoms with van der Waals surface area (Å²) in [6.45, 7) is 1.31. The highest BCUT2D eigenvalue weighted by atomic mass is 32.1. The minimum atomic E-state index is -0.381. The number of carbonyl (C=O) groups is 1. The van der Waals surface area contributed by atoms with Crippen LogP contribution in [0, 0.1) is 5.82 Å². The molecule has 0 spiro atoms. The standard InChI is InChI=1S/C25H24FN3O2S/c1-28(2)16-7-17-29(25-27-23-21(26)10-6-11-22(23)32-25)24(30)18-12-14-20(15-13-18)31-19-8-4-3-5-9-19/h3-6,8-15H,7,16-17H2,1-2H3. The van der Waals surface area contributed by atoms with E-state index in [2.05, 4.69) is 9.88 Å². The summed E-state index contributed by atoms with van der Waals surface area (Å²) in [5.41, 5.74) is 0.819. The van der Waals surface area contributed by atoms with Crippen LogP contribution in [-0.2, 0) is 0 Å². The maximum absolute atomic E-state index is 14.2. The second-order valence-electron chi connectivity index (χ2n) is 7.64. The summed E-state index contributed by atoms with van der Waals surface area (Å²) in [5, 5.41) is 0.499. The maximum Gasteiger partial charge on any atom is 0.260 e. The number of anilines is 1. The summed E-state index contributed by atoms with van der Waals surface area (Å²) >= 11 is 1.32. The number of amides is 1. The number of halogens is 1. The van der Waals surface area contributed by atoms with Gasteiger partial charge in [0.15, 0.2) is 5.13 Å². The molecule has 32 heavy (non-hydrogen) atoms. The Labute approximate surface area is 190 Å². The molecule has 0 bridgehead atoms. The summed E-state index contributed by atoms with van der Waals surface area (Å²) < 4.78 is 20.7. The smallest absolute Gasteiger partial charge is 0.260 e. The van der Waals surface area contributed by atoms with Gasteiger partial charge in [0.2, 0.25) is 0 Å². The van der Waals surface area contributed by atoms with Crippen molar-refractivity contribution in [2.75, 3.05) is 32.1 Å². The molecule has 4 aromatic rings. The van der Waals surface area contributed by atoms with Crippen molar-refractivity contribution < 1.29 is 13.9 Å². The highest BCUT2D eigenvalue weighted by Crippen LogP contribution is 2.31. The van der Waals surface area contributed by atoms with Gasteiger partial charge in [-0.3, -0.25) is 9.69 Å². The van der Waals surface area contributed by atoms with Gasteiger partial charge in [-0.25, -0.2) is 9.37 Å². The van der Waals surface area contributed by atoms with Gasteiger partial charge in [-0.2, -0.15) is 0 Å². The van der Waals surface area contributed by atoms with Crippen LogP contribution in [0.3, 0.4) is 0 Å². The molecule has 4 rings (SSSR count). The Hall–Kier alpha value is -3.29. The number of rotatable bonds is 8. The number of para-hydroxylation sites is 2. The zero-order valence-electron chi connectivity index (χ0n) is 18.0. The number of benzene rings is 3. The van der Waals surface area contributed by atoms with E-state index in [4.69, 9.17) is 4.74 Å². The minimum absolute atomic E-state index is 0.172. The Bertz CT molecular complexity index is 1190. The van der Waals surface area contributed by atoms with Crippen LogP contribution in [0.15, 0.2) is 72.8 Å². The van der Waals surface area contributed by atoms with E-state index in [0.717, 1.165) is 23.4 Å². The quantitative estimate of drug-likeness (QED) is 0.340. The Kier molecular flexibility index (Phi) is 6.78. The van der Waals surface area contributed by atoms with Crippen molar-refractivity contribution >= 4 is 32.6 Å². The van der Waals surface area contributed by atoms with E-state index in [1.54, 1.807) is 35.2 Å². The summed E-state index contributed by atoms with van der Waals surface area (Å²) in [5.74, 6) is 0.824.